The fourth-order valence-corrected chi connectivity index (χ4v) is 4.14. The normalized spacial score (nSPS) is 15.4. The number of nitrogens with zero attached hydrogens (tertiary/aromatic N) is 1. The molecular formula is C19H14Cl3NO4S. The zero-order valence-corrected chi connectivity index (χ0v) is 17.7. The van der Waals surface area contributed by atoms with E-state index in [9.17, 15) is 9.59 Å². The van der Waals surface area contributed by atoms with Gasteiger partial charge >= 0.3 is 0 Å². The molecule has 0 aromatic heterocycles. The number of hydrogen-bond donors (Lipinski definition) is 0. The van der Waals surface area contributed by atoms with Crippen LogP contribution in [0.1, 0.15) is 5.56 Å². The number of ether oxygens (including phenoxy) is 2. The van der Waals surface area contributed by atoms with E-state index in [-0.39, 0.29) is 23.3 Å². The maximum Gasteiger partial charge on any atom is 0.293 e. The van der Waals surface area contributed by atoms with Gasteiger partial charge in [-0.25, -0.2) is 0 Å². The molecule has 0 N–H and O–H groups in total. The lowest BCUT2D eigenvalue weighted by atomic mass is 10.2. The van der Waals surface area contributed by atoms with Gasteiger partial charge in [-0.15, -0.1) is 0 Å². The summed E-state index contributed by atoms with van der Waals surface area (Å²) in [5, 5.41) is 0.873. The summed E-state index contributed by atoms with van der Waals surface area (Å²) in [7, 11) is 1.46. The van der Waals surface area contributed by atoms with Crippen LogP contribution in [0.4, 0.5) is 4.79 Å². The minimum absolute atomic E-state index is 0.134. The number of hydrogen-bond acceptors (Lipinski definition) is 5. The number of carbonyl (C=O) groups excluding carboxylic acids is 2. The molecule has 9 heteroatoms. The number of imide groups is 1. The summed E-state index contributed by atoms with van der Waals surface area (Å²) in [5.41, 5.74) is 0.596. The second-order valence-corrected chi connectivity index (χ2v) is 7.90. The number of carbonyl (C=O) groups is 2. The lowest BCUT2D eigenvalue weighted by Gasteiger charge is -2.13. The van der Waals surface area contributed by atoms with E-state index in [1.54, 1.807) is 42.5 Å². The number of benzene rings is 2. The van der Waals surface area contributed by atoms with Gasteiger partial charge in [0.1, 0.15) is 12.4 Å². The van der Waals surface area contributed by atoms with Crippen LogP contribution < -0.4 is 9.47 Å². The molecule has 2 amide bonds. The Balaban J connectivity index is 1.67. The fraction of sp³-hybridized carbons (Fsp3) is 0.158. The molecule has 0 spiro atoms. The molecule has 0 saturated carbocycles. The van der Waals surface area contributed by atoms with Gasteiger partial charge in [-0.2, -0.15) is 0 Å². The van der Waals surface area contributed by atoms with Gasteiger partial charge in [-0.1, -0.05) is 34.8 Å². The molecule has 0 bridgehead atoms. The highest BCUT2D eigenvalue weighted by Crippen LogP contribution is 2.37. The van der Waals surface area contributed by atoms with Crippen LogP contribution in [0.5, 0.6) is 11.5 Å². The standard InChI is InChI=1S/C19H14Cl3NO4S/c1-26-17-14(21)8-11(9-15(17)22)10-16-18(24)23(19(25)28-16)6-7-27-13-4-2-12(20)3-5-13/h2-5,8-10H,6-7H2,1H3/b16-10-. The Morgan fingerprint density at radius 2 is 1.71 bits per heavy atom. The monoisotopic (exact) mass is 457 g/mol. The van der Waals surface area contributed by atoms with Crippen LogP contribution in [0.3, 0.4) is 0 Å². The number of halogens is 3. The largest absolute Gasteiger partial charge is 0.494 e. The molecule has 28 heavy (non-hydrogen) atoms. The van der Waals surface area contributed by atoms with Gasteiger partial charge in [0.25, 0.3) is 11.1 Å². The van der Waals surface area contributed by atoms with Crippen molar-refractivity contribution in [3.8, 4) is 11.5 Å². The van der Waals surface area contributed by atoms with Crippen molar-refractivity contribution < 1.29 is 19.1 Å². The van der Waals surface area contributed by atoms with Crippen LogP contribution in [-0.2, 0) is 4.79 Å². The third-order valence-electron chi connectivity index (χ3n) is 3.79. The third kappa shape index (κ3) is 4.75. The quantitative estimate of drug-likeness (QED) is 0.514. The Labute approximate surface area is 181 Å². The molecular weight excluding hydrogens is 445 g/mol. The van der Waals surface area contributed by atoms with Gasteiger partial charge in [0.15, 0.2) is 5.75 Å². The molecule has 2 aromatic carbocycles. The van der Waals surface area contributed by atoms with E-state index in [1.165, 1.54) is 7.11 Å². The summed E-state index contributed by atoms with van der Waals surface area (Å²) in [6.45, 7) is 0.307. The van der Waals surface area contributed by atoms with E-state index >= 15 is 0 Å². The second kappa shape index (κ2) is 9.09. The third-order valence-corrected chi connectivity index (χ3v) is 5.51. The minimum atomic E-state index is -0.391. The first-order valence-corrected chi connectivity index (χ1v) is 10.0. The predicted molar refractivity (Wildman–Crippen MR) is 113 cm³/mol. The van der Waals surface area contributed by atoms with Crippen LogP contribution in [0.15, 0.2) is 41.3 Å². The Morgan fingerprint density at radius 1 is 1.07 bits per heavy atom. The van der Waals surface area contributed by atoms with Crippen LogP contribution in [0, 0.1) is 0 Å². The molecule has 1 heterocycles. The van der Waals surface area contributed by atoms with E-state index in [0.29, 0.717) is 32.1 Å². The van der Waals surface area contributed by atoms with Gasteiger partial charge in [-0.3, -0.25) is 14.5 Å². The van der Waals surface area contributed by atoms with E-state index in [0.717, 1.165) is 16.7 Å². The maximum absolute atomic E-state index is 12.6. The Hall–Kier alpha value is -1.86. The van der Waals surface area contributed by atoms with Gasteiger partial charge in [0.05, 0.1) is 28.6 Å². The average Bonchev–Trinajstić information content (AvgIpc) is 2.90. The molecule has 3 rings (SSSR count). The van der Waals surface area contributed by atoms with Gasteiger partial charge in [-0.05, 0) is 59.8 Å². The summed E-state index contributed by atoms with van der Waals surface area (Å²) in [6, 6.07) is 10.1. The van der Waals surface area contributed by atoms with Crippen LogP contribution >= 0.6 is 46.6 Å². The summed E-state index contributed by atoms with van der Waals surface area (Å²) in [4.78, 5) is 26.2. The highest BCUT2D eigenvalue weighted by molar-refractivity contribution is 8.18. The van der Waals surface area contributed by atoms with Crippen LogP contribution in [0.25, 0.3) is 6.08 Å². The molecule has 146 valence electrons. The zero-order valence-electron chi connectivity index (χ0n) is 14.6. The second-order valence-electron chi connectivity index (χ2n) is 5.65. The molecule has 0 radical (unpaired) electrons. The van der Waals surface area contributed by atoms with Crippen molar-refractivity contribution in [3.05, 3.63) is 61.9 Å². The van der Waals surface area contributed by atoms with Gasteiger partial charge in [0, 0.05) is 5.02 Å². The van der Waals surface area contributed by atoms with Crippen molar-refractivity contribution >= 4 is 63.8 Å². The number of amides is 2. The minimum Gasteiger partial charge on any atom is -0.494 e. The van der Waals surface area contributed by atoms with Crippen molar-refractivity contribution in [1.29, 1.82) is 0 Å². The number of methoxy groups -OCH3 is 1. The Kier molecular flexibility index (Phi) is 6.78. The van der Waals surface area contributed by atoms with E-state index in [4.69, 9.17) is 44.3 Å². The molecule has 5 nitrogen and oxygen atoms in total. The van der Waals surface area contributed by atoms with Crippen molar-refractivity contribution in [2.24, 2.45) is 0 Å². The lowest BCUT2D eigenvalue weighted by molar-refractivity contribution is -0.123. The van der Waals surface area contributed by atoms with Crippen molar-refractivity contribution in [1.82, 2.24) is 4.90 Å². The first kappa shape index (κ1) is 20.9. The van der Waals surface area contributed by atoms with Crippen molar-refractivity contribution in [2.75, 3.05) is 20.3 Å². The number of thioether (sulfide) groups is 1. The molecule has 1 aliphatic rings. The summed E-state index contributed by atoms with van der Waals surface area (Å²) < 4.78 is 10.7. The fourth-order valence-electron chi connectivity index (χ4n) is 2.49. The van der Waals surface area contributed by atoms with Crippen LogP contribution in [0.2, 0.25) is 15.1 Å². The van der Waals surface area contributed by atoms with Gasteiger partial charge in [0.2, 0.25) is 0 Å². The summed E-state index contributed by atoms with van der Waals surface area (Å²) >= 11 is 18.9. The predicted octanol–water partition coefficient (Wildman–Crippen LogP) is 5.77. The summed E-state index contributed by atoms with van der Waals surface area (Å²) in [5.74, 6) is 0.570. The van der Waals surface area contributed by atoms with E-state index in [2.05, 4.69) is 0 Å². The van der Waals surface area contributed by atoms with E-state index in [1.807, 2.05) is 0 Å². The van der Waals surface area contributed by atoms with E-state index < -0.39 is 5.91 Å². The van der Waals surface area contributed by atoms with Crippen molar-refractivity contribution in [3.63, 3.8) is 0 Å². The maximum atomic E-state index is 12.6. The molecule has 1 aliphatic heterocycles. The average molecular weight is 459 g/mol. The first-order chi connectivity index (χ1) is 13.4. The topological polar surface area (TPSA) is 55.8 Å². The molecule has 0 unspecified atom stereocenters. The molecule has 0 aliphatic carbocycles. The summed E-state index contributed by atoms with van der Waals surface area (Å²) in [6.07, 6.45) is 1.57. The molecule has 1 fully saturated rings. The number of rotatable bonds is 6. The SMILES string of the molecule is COc1c(Cl)cc(/C=C2\SC(=O)N(CCOc3ccc(Cl)cc3)C2=O)cc1Cl. The Morgan fingerprint density at radius 3 is 2.32 bits per heavy atom. The zero-order chi connectivity index (χ0) is 20.3. The molecule has 2 aromatic rings. The Bertz CT molecular complexity index is 924. The highest BCUT2D eigenvalue weighted by atomic mass is 35.5. The highest BCUT2D eigenvalue weighted by Gasteiger charge is 2.34. The first-order valence-electron chi connectivity index (χ1n) is 8.06. The lowest BCUT2D eigenvalue weighted by Crippen LogP contribution is -2.32. The molecule has 0 atom stereocenters. The smallest absolute Gasteiger partial charge is 0.293 e. The van der Waals surface area contributed by atoms with Crippen molar-refractivity contribution in [2.45, 2.75) is 0 Å². The molecule has 1 saturated heterocycles. The van der Waals surface area contributed by atoms with Gasteiger partial charge < -0.3 is 9.47 Å². The van der Waals surface area contributed by atoms with Crippen LogP contribution in [-0.4, -0.2) is 36.3 Å².